The molecule has 0 radical (unpaired) electrons. The van der Waals surface area contributed by atoms with Crippen molar-refractivity contribution in [3.63, 3.8) is 0 Å². The fourth-order valence-electron chi connectivity index (χ4n) is 4.71. The van der Waals surface area contributed by atoms with Crippen molar-refractivity contribution in [2.45, 2.75) is 58.6 Å². The molecule has 0 saturated heterocycles. The summed E-state index contributed by atoms with van der Waals surface area (Å²) in [7, 11) is 0. The van der Waals surface area contributed by atoms with E-state index in [1.54, 1.807) is 49.4 Å². The zero-order chi connectivity index (χ0) is 25.7. The minimum absolute atomic E-state index is 0.00120. The Hall–Kier alpha value is -3.92. The molecular weight excluding hydrogens is 459 g/mol. The Kier molecular flexibility index (Phi) is 7.84. The number of nitrogens with zero attached hydrogens (tertiary/aromatic N) is 2. The molecule has 36 heavy (non-hydrogen) atoms. The molecule has 1 fully saturated rings. The summed E-state index contributed by atoms with van der Waals surface area (Å²) in [6, 6.07) is 13.4. The summed E-state index contributed by atoms with van der Waals surface area (Å²) in [4.78, 5) is 27.8. The third-order valence-electron chi connectivity index (χ3n) is 6.63. The average Bonchev–Trinajstić information content (AvgIpc) is 2.88. The van der Waals surface area contributed by atoms with Crippen LogP contribution in [0.1, 0.15) is 57.1 Å². The quantitative estimate of drug-likeness (QED) is 0.367. The predicted molar refractivity (Wildman–Crippen MR) is 133 cm³/mol. The number of hydrogen-bond acceptors (Lipinski definition) is 5. The van der Waals surface area contributed by atoms with Gasteiger partial charge in [0.25, 0.3) is 11.8 Å². The lowest BCUT2D eigenvalue weighted by Gasteiger charge is -2.36. The first-order chi connectivity index (χ1) is 17.4. The summed E-state index contributed by atoms with van der Waals surface area (Å²) >= 11 is 0. The minimum atomic E-state index is -0.504. The highest BCUT2D eigenvalue weighted by molar-refractivity contribution is 6.19. The van der Waals surface area contributed by atoms with Crippen LogP contribution in [-0.2, 0) is 16.2 Å². The maximum absolute atomic E-state index is 14.0. The van der Waals surface area contributed by atoms with Crippen molar-refractivity contribution in [3.8, 4) is 17.6 Å². The third-order valence-corrected chi connectivity index (χ3v) is 6.63. The van der Waals surface area contributed by atoms with Crippen LogP contribution in [0.2, 0.25) is 0 Å². The Morgan fingerprint density at radius 2 is 1.81 bits per heavy atom. The van der Waals surface area contributed by atoms with Crippen molar-refractivity contribution in [3.05, 3.63) is 76.1 Å². The highest BCUT2D eigenvalue weighted by Crippen LogP contribution is 2.34. The molecule has 0 unspecified atom stereocenters. The van der Waals surface area contributed by atoms with Crippen LogP contribution in [0.25, 0.3) is 6.08 Å². The molecule has 0 aromatic heterocycles. The molecule has 2 amide bonds. The first-order valence-corrected chi connectivity index (χ1v) is 12.3. The normalized spacial score (nSPS) is 17.9. The molecule has 1 aliphatic carbocycles. The van der Waals surface area contributed by atoms with E-state index in [4.69, 9.17) is 9.47 Å². The van der Waals surface area contributed by atoms with E-state index < -0.39 is 5.91 Å². The molecule has 0 spiro atoms. The maximum atomic E-state index is 14.0. The van der Waals surface area contributed by atoms with Crippen LogP contribution in [0.4, 0.5) is 4.39 Å². The summed E-state index contributed by atoms with van der Waals surface area (Å²) in [5.41, 5.74) is 1.78. The lowest BCUT2D eigenvalue weighted by molar-refractivity contribution is -0.143. The second kappa shape index (κ2) is 11.2. The smallest absolute Gasteiger partial charge is 0.271 e. The van der Waals surface area contributed by atoms with Gasteiger partial charge in [-0.1, -0.05) is 43.5 Å². The molecule has 0 atom stereocenters. The van der Waals surface area contributed by atoms with E-state index in [9.17, 15) is 19.2 Å². The highest BCUT2D eigenvalue weighted by Gasteiger charge is 2.39. The van der Waals surface area contributed by atoms with E-state index in [0.29, 0.717) is 40.4 Å². The van der Waals surface area contributed by atoms with E-state index in [1.165, 1.54) is 11.0 Å². The van der Waals surface area contributed by atoms with Crippen LogP contribution >= 0.6 is 0 Å². The number of amides is 2. The van der Waals surface area contributed by atoms with Gasteiger partial charge in [0.2, 0.25) is 0 Å². The summed E-state index contributed by atoms with van der Waals surface area (Å²) in [6.45, 7) is 3.90. The molecule has 7 heteroatoms. The van der Waals surface area contributed by atoms with Gasteiger partial charge in [0.05, 0.1) is 6.61 Å². The lowest BCUT2D eigenvalue weighted by Crippen LogP contribution is -2.49. The second-order valence-corrected chi connectivity index (χ2v) is 8.96. The molecule has 0 bridgehead atoms. The molecule has 2 aromatic rings. The highest BCUT2D eigenvalue weighted by atomic mass is 19.1. The number of benzene rings is 2. The van der Waals surface area contributed by atoms with Gasteiger partial charge in [-0.05, 0) is 62.1 Å². The van der Waals surface area contributed by atoms with Crippen molar-refractivity contribution in [2.24, 2.45) is 0 Å². The van der Waals surface area contributed by atoms with Crippen LogP contribution in [0, 0.1) is 17.1 Å². The van der Waals surface area contributed by atoms with Crippen LogP contribution in [0.3, 0.4) is 0 Å². The van der Waals surface area contributed by atoms with Crippen LogP contribution in [-0.4, -0.2) is 29.4 Å². The van der Waals surface area contributed by atoms with Crippen LogP contribution in [0.15, 0.2) is 59.2 Å². The molecule has 0 N–H and O–H groups in total. The largest absolute Gasteiger partial charge is 0.490 e. The van der Waals surface area contributed by atoms with Gasteiger partial charge in [-0.3, -0.25) is 14.5 Å². The van der Waals surface area contributed by atoms with E-state index >= 15 is 0 Å². The Morgan fingerprint density at radius 1 is 1.06 bits per heavy atom. The van der Waals surface area contributed by atoms with E-state index in [2.05, 4.69) is 0 Å². The van der Waals surface area contributed by atoms with E-state index in [1.807, 2.05) is 13.0 Å². The SMILES string of the molecule is CCOc1cc(/C=C2/C(=O)N(C3CCCCC3)C(=O)C(C#N)=C2C)ccc1OCc1ccccc1F. The fourth-order valence-corrected chi connectivity index (χ4v) is 4.71. The number of ether oxygens (including phenoxy) is 2. The number of hydrogen-bond donors (Lipinski definition) is 0. The molecule has 1 aliphatic heterocycles. The Balaban J connectivity index is 1.66. The number of nitriles is 1. The number of carbonyl (C=O) groups is 2. The van der Waals surface area contributed by atoms with Gasteiger partial charge in [-0.25, -0.2) is 4.39 Å². The molecule has 6 nitrogen and oxygen atoms in total. The van der Waals surface area contributed by atoms with Crippen LogP contribution in [0.5, 0.6) is 11.5 Å². The van der Waals surface area contributed by atoms with Crippen molar-refractivity contribution in [2.75, 3.05) is 6.61 Å². The summed E-state index contributed by atoms with van der Waals surface area (Å²) < 4.78 is 25.6. The van der Waals surface area contributed by atoms with Crippen molar-refractivity contribution >= 4 is 17.9 Å². The summed E-state index contributed by atoms with van der Waals surface area (Å²) in [5, 5.41) is 9.68. The average molecular weight is 489 g/mol. The Morgan fingerprint density at radius 3 is 2.50 bits per heavy atom. The molecule has 2 aliphatic rings. The van der Waals surface area contributed by atoms with Gasteiger partial charge < -0.3 is 9.47 Å². The van der Waals surface area contributed by atoms with E-state index in [-0.39, 0.29) is 29.9 Å². The lowest BCUT2D eigenvalue weighted by atomic mass is 9.88. The number of halogens is 1. The Labute approximate surface area is 210 Å². The van der Waals surface area contributed by atoms with Crippen molar-refractivity contribution in [1.82, 2.24) is 4.90 Å². The zero-order valence-electron chi connectivity index (χ0n) is 20.6. The van der Waals surface area contributed by atoms with Crippen LogP contribution < -0.4 is 9.47 Å². The van der Waals surface area contributed by atoms with E-state index in [0.717, 1.165) is 32.1 Å². The van der Waals surface area contributed by atoms with Gasteiger partial charge in [0, 0.05) is 17.2 Å². The van der Waals surface area contributed by atoms with Crippen molar-refractivity contribution in [1.29, 1.82) is 5.26 Å². The standard InChI is InChI=1S/C29H29FN2O4/c1-3-35-27-16-20(13-14-26(27)36-18-21-9-7-8-12-25(21)30)15-23-19(2)24(17-31)29(34)32(28(23)33)22-10-5-4-6-11-22/h7-9,12-16,22H,3-6,10-11,18H2,1-2H3/b23-15+. The molecule has 186 valence electrons. The Bertz CT molecular complexity index is 1270. The first kappa shape index (κ1) is 25.2. The molecular formula is C29H29FN2O4. The predicted octanol–water partition coefficient (Wildman–Crippen LogP) is 5.73. The molecule has 4 rings (SSSR count). The minimum Gasteiger partial charge on any atom is -0.490 e. The van der Waals surface area contributed by atoms with Crippen molar-refractivity contribution < 1.29 is 23.5 Å². The van der Waals surface area contributed by atoms with Gasteiger partial charge >= 0.3 is 0 Å². The molecule has 2 aromatic carbocycles. The summed E-state index contributed by atoms with van der Waals surface area (Å²) in [6.07, 6.45) is 6.19. The zero-order valence-corrected chi connectivity index (χ0v) is 20.6. The van der Waals surface area contributed by atoms with Gasteiger partial charge in [0.15, 0.2) is 11.5 Å². The monoisotopic (exact) mass is 488 g/mol. The number of rotatable bonds is 7. The van der Waals surface area contributed by atoms with Gasteiger partial charge in [0.1, 0.15) is 24.1 Å². The topological polar surface area (TPSA) is 79.6 Å². The second-order valence-electron chi connectivity index (χ2n) is 8.96. The van der Waals surface area contributed by atoms with Gasteiger partial charge in [-0.15, -0.1) is 0 Å². The van der Waals surface area contributed by atoms with Gasteiger partial charge in [-0.2, -0.15) is 5.26 Å². The maximum Gasteiger partial charge on any atom is 0.271 e. The molecule has 1 saturated carbocycles. The molecule has 1 heterocycles. The number of carbonyl (C=O) groups excluding carboxylic acids is 2. The number of imide groups is 1. The summed E-state index contributed by atoms with van der Waals surface area (Å²) in [5.74, 6) is -0.326. The first-order valence-electron chi connectivity index (χ1n) is 12.3. The third kappa shape index (κ3) is 5.18. The fraction of sp³-hybridized carbons (Fsp3) is 0.345.